The van der Waals surface area contributed by atoms with Gasteiger partial charge in [0.05, 0.1) is 23.5 Å². The number of carbonyl (C=O) groups is 2. The molecule has 2 N–H and O–H groups in total. The highest BCUT2D eigenvalue weighted by Gasteiger charge is 2.51. The predicted molar refractivity (Wildman–Crippen MR) is 90.1 cm³/mol. The molecule has 2 aliphatic heterocycles. The highest BCUT2D eigenvalue weighted by molar-refractivity contribution is 7.91. The predicted octanol–water partition coefficient (Wildman–Crippen LogP) is -0.472. The molecular formula is C16H27N3O4S. The molecule has 3 rings (SSSR count). The quantitative estimate of drug-likeness (QED) is 0.709. The van der Waals surface area contributed by atoms with E-state index in [1.54, 1.807) is 7.05 Å². The summed E-state index contributed by atoms with van der Waals surface area (Å²) >= 11 is 0. The van der Waals surface area contributed by atoms with E-state index in [1.165, 1.54) is 11.3 Å². The Morgan fingerprint density at radius 1 is 1.29 bits per heavy atom. The zero-order valence-electron chi connectivity index (χ0n) is 14.2. The fraction of sp³-hybridized carbons (Fsp3) is 0.875. The molecule has 0 aromatic rings. The van der Waals surface area contributed by atoms with E-state index in [0.29, 0.717) is 18.9 Å². The molecule has 2 saturated heterocycles. The van der Waals surface area contributed by atoms with Crippen LogP contribution >= 0.6 is 0 Å². The molecule has 3 atom stereocenters. The first-order valence-corrected chi connectivity index (χ1v) is 10.6. The number of rotatable bonds is 4. The van der Waals surface area contributed by atoms with Gasteiger partial charge in [-0.15, -0.1) is 0 Å². The molecule has 1 aliphatic carbocycles. The van der Waals surface area contributed by atoms with E-state index in [-0.39, 0.29) is 41.3 Å². The first kappa shape index (κ1) is 17.7. The van der Waals surface area contributed by atoms with E-state index in [1.807, 2.05) is 0 Å². The maximum absolute atomic E-state index is 13.0. The molecule has 0 bridgehead atoms. The molecule has 1 unspecified atom stereocenters. The number of sulfone groups is 1. The number of amides is 2. The number of fused-ring (bicyclic) bond motifs is 1. The van der Waals surface area contributed by atoms with E-state index in [2.05, 4.69) is 10.6 Å². The van der Waals surface area contributed by atoms with Crippen molar-refractivity contribution in [3.05, 3.63) is 0 Å². The van der Waals surface area contributed by atoms with Gasteiger partial charge in [-0.05, 0) is 31.7 Å². The summed E-state index contributed by atoms with van der Waals surface area (Å²) in [5.74, 6) is 0.272. The van der Waals surface area contributed by atoms with Gasteiger partial charge in [0, 0.05) is 19.6 Å². The third kappa shape index (κ3) is 3.44. The summed E-state index contributed by atoms with van der Waals surface area (Å²) in [5, 5.41) is 6.10. The lowest BCUT2D eigenvalue weighted by atomic mass is 9.67. The molecule has 136 valence electrons. The monoisotopic (exact) mass is 357 g/mol. The molecule has 3 aliphatic rings. The summed E-state index contributed by atoms with van der Waals surface area (Å²) < 4.78 is 22.9. The van der Waals surface area contributed by atoms with Crippen molar-refractivity contribution in [2.75, 3.05) is 38.2 Å². The molecule has 24 heavy (non-hydrogen) atoms. The van der Waals surface area contributed by atoms with Crippen molar-refractivity contribution in [3.63, 3.8) is 0 Å². The van der Waals surface area contributed by atoms with Gasteiger partial charge in [0.15, 0.2) is 9.84 Å². The van der Waals surface area contributed by atoms with Gasteiger partial charge in [0.2, 0.25) is 11.8 Å². The number of nitrogens with one attached hydrogen (secondary N) is 2. The van der Waals surface area contributed by atoms with Gasteiger partial charge in [-0.25, -0.2) is 8.42 Å². The summed E-state index contributed by atoms with van der Waals surface area (Å²) in [6.07, 6.45) is 4.64. The van der Waals surface area contributed by atoms with Crippen LogP contribution in [0.2, 0.25) is 0 Å². The fourth-order valence-electron chi connectivity index (χ4n) is 4.52. The molecule has 7 nitrogen and oxygen atoms in total. The van der Waals surface area contributed by atoms with Crippen LogP contribution in [0.15, 0.2) is 0 Å². The second-order valence-electron chi connectivity index (χ2n) is 7.56. The summed E-state index contributed by atoms with van der Waals surface area (Å²) in [6.45, 7) is 1.57. The fourth-order valence-corrected chi connectivity index (χ4v) is 6.19. The van der Waals surface area contributed by atoms with Gasteiger partial charge in [-0.3, -0.25) is 9.59 Å². The summed E-state index contributed by atoms with van der Waals surface area (Å²) in [5.41, 5.74) is -0.357. The van der Waals surface area contributed by atoms with E-state index in [9.17, 15) is 18.0 Å². The number of hydrogen-bond donors (Lipinski definition) is 2. The minimum Gasteiger partial charge on any atom is -0.351 e. The first-order chi connectivity index (χ1) is 11.3. The molecule has 2 heterocycles. The van der Waals surface area contributed by atoms with Crippen LogP contribution in [-0.4, -0.2) is 69.4 Å². The van der Waals surface area contributed by atoms with Crippen molar-refractivity contribution < 1.29 is 18.0 Å². The molecule has 0 aromatic heterocycles. The van der Waals surface area contributed by atoms with Crippen LogP contribution in [0.3, 0.4) is 0 Å². The molecule has 8 heteroatoms. The number of nitrogens with zero attached hydrogens (tertiary/aromatic N) is 1. The zero-order valence-corrected chi connectivity index (χ0v) is 15.0. The molecule has 2 amide bonds. The molecule has 0 spiro atoms. The minimum absolute atomic E-state index is 0.00628. The Kier molecular flexibility index (Phi) is 4.88. The maximum atomic E-state index is 13.0. The van der Waals surface area contributed by atoms with Crippen molar-refractivity contribution in [2.45, 2.75) is 38.1 Å². The van der Waals surface area contributed by atoms with Crippen LogP contribution < -0.4 is 10.6 Å². The Morgan fingerprint density at radius 3 is 2.79 bits per heavy atom. The van der Waals surface area contributed by atoms with Crippen LogP contribution in [0.1, 0.15) is 32.1 Å². The van der Waals surface area contributed by atoms with Gasteiger partial charge in [-0.2, -0.15) is 0 Å². The van der Waals surface area contributed by atoms with Gasteiger partial charge in [-0.1, -0.05) is 12.8 Å². The average molecular weight is 357 g/mol. The third-order valence-corrected chi connectivity index (χ3v) is 7.56. The van der Waals surface area contributed by atoms with Crippen molar-refractivity contribution in [1.82, 2.24) is 15.5 Å². The van der Waals surface area contributed by atoms with Crippen LogP contribution in [0.5, 0.6) is 0 Å². The molecule has 0 aromatic carbocycles. The molecule has 3 fully saturated rings. The van der Waals surface area contributed by atoms with E-state index < -0.39 is 9.84 Å². The van der Waals surface area contributed by atoms with Crippen LogP contribution in [0, 0.1) is 11.3 Å². The minimum atomic E-state index is -3.02. The average Bonchev–Trinajstić information content (AvgIpc) is 3.10. The maximum Gasteiger partial charge on any atom is 0.239 e. The largest absolute Gasteiger partial charge is 0.351 e. The second kappa shape index (κ2) is 6.63. The lowest BCUT2D eigenvalue weighted by Gasteiger charge is -2.39. The summed E-state index contributed by atoms with van der Waals surface area (Å²) in [4.78, 5) is 26.7. The lowest BCUT2D eigenvalue weighted by molar-refractivity contribution is -0.146. The van der Waals surface area contributed by atoms with E-state index in [0.717, 1.165) is 25.8 Å². The number of likely N-dealkylation sites (N-methyl/N-ethyl adjacent to an activating group) is 1. The Bertz CT molecular complexity index is 621. The van der Waals surface area contributed by atoms with Gasteiger partial charge in [0.25, 0.3) is 0 Å². The zero-order chi connectivity index (χ0) is 17.4. The lowest BCUT2D eigenvalue weighted by Crippen LogP contribution is -2.51. The van der Waals surface area contributed by atoms with Crippen molar-refractivity contribution in [3.8, 4) is 0 Å². The Morgan fingerprint density at radius 2 is 2.08 bits per heavy atom. The number of hydrogen-bond acceptors (Lipinski definition) is 5. The van der Waals surface area contributed by atoms with Gasteiger partial charge >= 0.3 is 0 Å². The molecule has 0 radical (unpaired) electrons. The smallest absolute Gasteiger partial charge is 0.239 e. The van der Waals surface area contributed by atoms with E-state index >= 15 is 0 Å². The van der Waals surface area contributed by atoms with Crippen molar-refractivity contribution in [1.29, 1.82) is 0 Å². The van der Waals surface area contributed by atoms with Crippen LogP contribution in [0.25, 0.3) is 0 Å². The Balaban J connectivity index is 1.57. The van der Waals surface area contributed by atoms with Crippen LogP contribution in [0.4, 0.5) is 0 Å². The summed E-state index contributed by atoms with van der Waals surface area (Å²) in [6, 6.07) is -0.320. The van der Waals surface area contributed by atoms with Gasteiger partial charge < -0.3 is 15.5 Å². The number of carbonyl (C=O) groups excluding carboxylic acids is 2. The standard InChI is InChI=1S/C16H27N3O4S/c1-19(9-14(20)18-13-5-7-24(22,23)10-13)15(21)16-6-3-2-4-12(16)8-17-11-16/h12-13,17H,2-11H2,1H3,(H,18,20)/t12-,13?,16+/m0/s1. The third-order valence-electron chi connectivity index (χ3n) is 5.79. The Labute approximate surface area is 143 Å². The van der Waals surface area contributed by atoms with Crippen LogP contribution in [-0.2, 0) is 19.4 Å². The van der Waals surface area contributed by atoms with E-state index in [4.69, 9.17) is 0 Å². The normalized spacial score (nSPS) is 34.5. The summed E-state index contributed by atoms with van der Waals surface area (Å²) in [7, 11) is -1.35. The molecular weight excluding hydrogens is 330 g/mol. The highest BCUT2D eigenvalue weighted by Crippen LogP contribution is 2.44. The highest BCUT2D eigenvalue weighted by atomic mass is 32.2. The Hall–Kier alpha value is -1.15. The van der Waals surface area contributed by atoms with Crippen molar-refractivity contribution >= 4 is 21.7 Å². The SMILES string of the molecule is CN(CC(=O)NC1CCS(=O)(=O)C1)C(=O)[C@@]12CCCC[C@H]1CNC2. The van der Waals surface area contributed by atoms with Gasteiger partial charge in [0.1, 0.15) is 0 Å². The van der Waals surface area contributed by atoms with Crippen molar-refractivity contribution in [2.24, 2.45) is 11.3 Å². The second-order valence-corrected chi connectivity index (χ2v) is 9.79. The first-order valence-electron chi connectivity index (χ1n) is 8.78. The molecule has 1 saturated carbocycles. The topological polar surface area (TPSA) is 95.6 Å².